The SMILES string of the molecule is CC(CCl)CS(=O)(=O)N1CC=C(C(F)(F)F)CC1. The zero-order valence-corrected chi connectivity index (χ0v) is 11.4. The third-order valence-electron chi connectivity index (χ3n) is 2.69. The van der Waals surface area contributed by atoms with E-state index in [1.54, 1.807) is 6.92 Å². The summed E-state index contributed by atoms with van der Waals surface area (Å²) in [5, 5.41) is 0. The number of hydrogen-bond donors (Lipinski definition) is 0. The average Bonchev–Trinajstić information content (AvgIpc) is 2.27. The van der Waals surface area contributed by atoms with Gasteiger partial charge in [-0.15, -0.1) is 11.6 Å². The number of alkyl halides is 4. The summed E-state index contributed by atoms with van der Waals surface area (Å²) in [6.07, 6.45) is -3.72. The van der Waals surface area contributed by atoms with E-state index in [0.717, 1.165) is 10.4 Å². The zero-order valence-electron chi connectivity index (χ0n) is 9.87. The molecule has 0 amide bonds. The molecule has 0 N–H and O–H groups in total. The smallest absolute Gasteiger partial charge is 0.212 e. The van der Waals surface area contributed by atoms with Crippen LogP contribution in [0, 0.1) is 5.92 Å². The van der Waals surface area contributed by atoms with Crippen molar-refractivity contribution in [3.05, 3.63) is 11.6 Å². The summed E-state index contributed by atoms with van der Waals surface area (Å²) in [4.78, 5) is 0. The number of rotatable bonds is 4. The van der Waals surface area contributed by atoms with Crippen molar-refractivity contribution in [1.29, 1.82) is 0 Å². The molecular weight excluding hydrogens is 291 g/mol. The monoisotopic (exact) mass is 305 g/mol. The maximum absolute atomic E-state index is 12.4. The Morgan fingerprint density at radius 1 is 1.50 bits per heavy atom. The number of sulfonamides is 1. The van der Waals surface area contributed by atoms with Crippen molar-refractivity contribution in [2.75, 3.05) is 24.7 Å². The Balaban J connectivity index is 2.71. The lowest BCUT2D eigenvalue weighted by Crippen LogP contribution is -2.39. The molecule has 1 heterocycles. The molecule has 8 heteroatoms. The van der Waals surface area contributed by atoms with E-state index in [1.165, 1.54) is 0 Å². The van der Waals surface area contributed by atoms with Crippen LogP contribution < -0.4 is 0 Å². The predicted octanol–water partition coefficient (Wildman–Crippen LogP) is 2.39. The van der Waals surface area contributed by atoms with Crippen LogP contribution in [0.25, 0.3) is 0 Å². The van der Waals surface area contributed by atoms with Crippen molar-refractivity contribution in [2.24, 2.45) is 5.92 Å². The second-order valence-corrected chi connectivity index (χ2v) is 6.70. The van der Waals surface area contributed by atoms with Gasteiger partial charge in [0.15, 0.2) is 0 Å². The summed E-state index contributed by atoms with van der Waals surface area (Å²) in [6.45, 7) is 1.35. The van der Waals surface area contributed by atoms with E-state index < -0.39 is 21.8 Å². The Bertz CT molecular complexity index is 419. The van der Waals surface area contributed by atoms with E-state index in [9.17, 15) is 21.6 Å². The van der Waals surface area contributed by atoms with Gasteiger partial charge in [0.05, 0.1) is 5.75 Å². The first-order chi connectivity index (χ1) is 8.16. The fourth-order valence-corrected chi connectivity index (χ4v) is 3.63. The molecule has 1 rings (SSSR count). The number of halogens is 4. The van der Waals surface area contributed by atoms with Crippen molar-refractivity contribution in [2.45, 2.75) is 19.5 Å². The molecule has 1 unspecified atom stereocenters. The number of hydrogen-bond acceptors (Lipinski definition) is 2. The minimum atomic E-state index is -4.36. The minimum absolute atomic E-state index is 0.122. The molecule has 1 aliphatic rings. The lowest BCUT2D eigenvalue weighted by Gasteiger charge is -2.27. The van der Waals surface area contributed by atoms with Crippen molar-refractivity contribution >= 4 is 21.6 Å². The van der Waals surface area contributed by atoms with Gasteiger partial charge in [0.1, 0.15) is 0 Å². The maximum Gasteiger partial charge on any atom is 0.412 e. The van der Waals surface area contributed by atoms with Gasteiger partial charge in [0.25, 0.3) is 0 Å². The van der Waals surface area contributed by atoms with E-state index in [4.69, 9.17) is 11.6 Å². The lowest BCUT2D eigenvalue weighted by atomic mass is 10.1. The van der Waals surface area contributed by atoms with Gasteiger partial charge in [0.2, 0.25) is 10.0 Å². The number of nitrogens with zero attached hydrogens (tertiary/aromatic N) is 1. The highest BCUT2D eigenvalue weighted by atomic mass is 35.5. The fraction of sp³-hybridized carbons (Fsp3) is 0.800. The van der Waals surface area contributed by atoms with Gasteiger partial charge >= 0.3 is 6.18 Å². The molecule has 3 nitrogen and oxygen atoms in total. The van der Waals surface area contributed by atoms with Crippen LogP contribution in [0.3, 0.4) is 0 Å². The molecule has 18 heavy (non-hydrogen) atoms. The summed E-state index contributed by atoms with van der Waals surface area (Å²) in [6, 6.07) is 0. The van der Waals surface area contributed by atoms with Crippen LogP contribution in [-0.2, 0) is 10.0 Å². The summed E-state index contributed by atoms with van der Waals surface area (Å²) in [5.41, 5.74) is -0.653. The molecule has 0 bridgehead atoms. The molecule has 106 valence electrons. The largest absolute Gasteiger partial charge is 0.412 e. The van der Waals surface area contributed by atoms with Gasteiger partial charge in [-0.05, 0) is 12.3 Å². The Morgan fingerprint density at radius 2 is 2.11 bits per heavy atom. The molecule has 0 aromatic rings. The lowest BCUT2D eigenvalue weighted by molar-refractivity contribution is -0.0953. The molecule has 0 aromatic heterocycles. The van der Waals surface area contributed by atoms with Crippen LogP contribution in [0.1, 0.15) is 13.3 Å². The van der Waals surface area contributed by atoms with Gasteiger partial charge in [0, 0.05) is 24.5 Å². The average molecular weight is 306 g/mol. The van der Waals surface area contributed by atoms with E-state index in [1.807, 2.05) is 0 Å². The Morgan fingerprint density at radius 3 is 2.50 bits per heavy atom. The van der Waals surface area contributed by atoms with Crippen LogP contribution in [0.4, 0.5) is 13.2 Å². The van der Waals surface area contributed by atoms with E-state index in [0.29, 0.717) is 0 Å². The first-order valence-corrected chi connectivity index (χ1v) is 7.61. The summed E-state index contributed by atoms with van der Waals surface area (Å²) < 4.78 is 61.9. The first-order valence-electron chi connectivity index (χ1n) is 5.47. The van der Waals surface area contributed by atoms with Crippen molar-refractivity contribution in [3.8, 4) is 0 Å². The third kappa shape index (κ3) is 4.13. The molecule has 1 aliphatic heterocycles. The molecular formula is C10H15ClF3NO2S. The highest BCUT2D eigenvalue weighted by molar-refractivity contribution is 7.89. The summed E-state index contributed by atoms with van der Waals surface area (Å²) in [5.74, 6) is -0.146. The van der Waals surface area contributed by atoms with Gasteiger partial charge in [-0.25, -0.2) is 8.42 Å². The predicted molar refractivity (Wildman–Crippen MR) is 64.0 cm³/mol. The quantitative estimate of drug-likeness (QED) is 0.591. The van der Waals surface area contributed by atoms with Crippen molar-refractivity contribution < 1.29 is 21.6 Å². The zero-order chi connectivity index (χ0) is 14.0. The van der Waals surface area contributed by atoms with Crippen molar-refractivity contribution in [3.63, 3.8) is 0 Å². The topological polar surface area (TPSA) is 37.4 Å². The Hall–Kier alpha value is -0.270. The first kappa shape index (κ1) is 15.8. The maximum atomic E-state index is 12.4. The second kappa shape index (κ2) is 5.79. The van der Waals surface area contributed by atoms with Gasteiger partial charge in [-0.2, -0.15) is 17.5 Å². The van der Waals surface area contributed by atoms with E-state index >= 15 is 0 Å². The molecule has 1 atom stereocenters. The standard InChI is InChI=1S/C10H15ClF3NO2S/c1-8(6-11)7-18(16,17)15-4-2-9(3-5-15)10(12,13)14/h2,8H,3-7H2,1H3. The summed E-state index contributed by atoms with van der Waals surface area (Å²) in [7, 11) is -3.53. The van der Waals surface area contributed by atoms with Crippen LogP contribution in [-0.4, -0.2) is 43.6 Å². The van der Waals surface area contributed by atoms with Gasteiger partial charge in [-0.1, -0.05) is 13.0 Å². The van der Waals surface area contributed by atoms with Crippen LogP contribution in [0.15, 0.2) is 11.6 Å². The Labute approximate surface area is 110 Å². The van der Waals surface area contributed by atoms with Crippen LogP contribution in [0.5, 0.6) is 0 Å². The van der Waals surface area contributed by atoms with E-state index in [-0.39, 0.29) is 37.1 Å². The molecule has 0 spiro atoms. The van der Waals surface area contributed by atoms with Crippen molar-refractivity contribution in [1.82, 2.24) is 4.31 Å². The highest BCUT2D eigenvalue weighted by Crippen LogP contribution is 2.30. The van der Waals surface area contributed by atoms with Crippen LogP contribution >= 0.6 is 11.6 Å². The van der Waals surface area contributed by atoms with Gasteiger partial charge < -0.3 is 0 Å². The molecule has 0 radical (unpaired) electrons. The van der Waals surface area contributed by atoms with E-state index in [2.05, 4.69) is 0 Å². The molecule has 0 aromatic carbocycles. The second-order valence-electron chi connectivity index (χ2n) is 4.37. The Kier molecular flexibility index (Phi) is 5.08. The summed E-state index contributed by atoms with van der Waals surface area (Å²) >= 11 is 5.54. The molecule has 0 aliphatic carbocycles. The fourth-order valence-electron chi connectivity index (χ4n) is 1.67. The highest BCUT2D eigenvalue weighted by Gasteiger charge is 2.36. The van der Waals surface area contributed by atoms with Crippen LogP contribution in [0.2, 0.25) is 0 Å². The minimum Gasteiger partial charge on any atom is -0.212 e. The molecule has 0 saturated heterocycles. The normalized spacial score (nSPS) is 20.6. The van der Waals surface area contributed by atoms with Gasteiger partial charge in [-0.3, -0.25) is 0 Å². The third-order valence-corrected chi connectivity index (χ3v) is 5.32. The molecule has 0 saturated carbocycles. The molecule has 0 fully saturated rings.